The Morgan fingerprint density at radius 3 is 2.67 bits per heavy atom. The first-order valence-corrected chi connectivity index (χ1v) is 8.06. The van der Waals surface area contributed by atoms with Crippen molar-refractivity contribution >= 4 is 16.3 Å². The normalized spacial score (nSPS) is 16.6. The molecule has 0 bridgehead atoms. The van der Waals surface area contributed by atoms with Gasteiger partial charge in [0.05, 0.1) is 6.54 Å². The number of nitrogens with zero attached hydrogens (tertiary/aromatic N) is 6. The van der Waals surface area contributed by atoms with Crippen molar-refractivity contribution < 1.29 is 0 Å². The second-order valence-corrected chi connectivity index (χ2v) is 6.25. The Kier molecular flexibility index (Phi) is 3.36. The second-order valence-electron chi connectivity index (χ2n) is 5.29. The van der Waals surface area contributed by atoms with Crippen molar-refractivity contribution in [2.24, 2.45) is 0 Å². The summed E-state index contributed by atoms with van der Waals surface area (Å²) in [7, 11) is 0. The molecule has 6 nitrogen and oxygen atoms in total. The van der Waals surface area contributed by atoms with Crippen molar-refractivity contribution in [3.63, 3.8) is 0 Å². The number of pyridine rings is 1. The molecule has 0 aliphatic carbocycles. The van der Waals surface area contributed by atoms with E-state index in [1.807, 2.05) is 16.6 Å². The SMILES string of the molecule is c1cc(-c2nn3c(CN4CCCCC4)nnc3s2)ccn1. The van der Waals surface area contributed by atoms with Gasteiger partial charge in [0.1, 0.15) is 5.01 Å². The van der Waals surface area contributed by atoms with Crippen molar-refractivity contribution in [1.29, 1.82) is 0 Å². The van der Waals surface area contributed by atoms with Gasteiger partial charge in [-0.15, -0.1) is 10.2 Å². The molecule has 1 saturated heterocycles. The van der Waals surface area contributed by atoms with Gasteiger partial charge in [-0.1, -0.05) is 17.8 Å². The summed E-state index contributed by atoms with van der Waals surface area (Å²) in [6.45, 7) is 3.13. The summed E-state index contributed by atoms with van der Waals surface area (Å²) in [5, 5.41) is 14.2. The highest BCUT2D eigenvalue weighted by molar-refractivity contribution is 7.19. The van der Waals surface area contributed by atoms with E-state index < -0.39 is 0 Å². The van der Waals surface area contributed by atoms with Crippen LogP contribution in [0.25, 0.3) is 15.5 Å². The standard InChI is InChI=1S/C14H16N6S/c1-2-8-19(9-3-1)10-12-16-17-14-20(12)18-13(21-14)11-4-6-15-7-5-11/h4-7H,1-3,8-10H2. The number of aromatic nitrogens is 5. The van der Waals surface area contributed by atoms with Crippen LogP contribution in [0.1, 0.15) is 25.1 Å². The quantitative estimate of drug-likeness (QED) is 0.742. The first-order chi connectivity index (χ1) is 10.4. The minimum atomic E-state index is 0.834. The van der Waals surface area contributed by atoms with Gasteiger partial charge in [0.15, 0.2) is 5.82 Å². The maximum absolute atomic E-state index is 4.66. The van der Waals surface area contributed by atoms with E-state index in [9.17, 15) is 0 Å². The first-order valence-electron chi connectivity index (χ1n) is 7.24. The Morgan fingerprint density at radius 2 is 1.86 bits per heavy atom. The predicted molar refractivity (Wildman–Crippen MR) is 81.0 cm³/mol. The van der Waals surface area contributed by atoms with E-state index >= 15 is 0 Å². The maximum Gasteiger partial charge on any atom is 0.235 e. The number of hydrogen-bond donors (Lipinski definition) is 0. The van der Waals surface area contributed by atoms with Crippen molar-refractivity contribution in [2.45, 2.75) is 25.8 Å². The van der Waals surface area contributed by atoms with Gasteiger partial charge < -0.3 is 0 Å². The maximum atomic E-state index is 4.66. The van der Waals surface area contributed by atoms with E-state index in [4.69, 9.17) is 0 Å². The fourth-order valence-electron chi connectivity index (χ4n) is 2.68. The molecular weight excluding hydrogens is 284 g/mol. The monoisotopic (exact) mass is 300 g/mol. The van der Waals surface area contributed by atoms with Crippen LogP contribution in [0.4, 0.5) is 0 Å². The molecule has 108 valence electrons. The minimum absolute atomic E-state index is 0.834. The summed E-state index contributed by atoms with van der Waals surface area (Å²) in [6, 6.07) is 3.94. The van der Waals surface area contributed by atoms with E-state index in [1.54, 1.807) is 23.7 Å². The van der Waals surface area contributed by atoms with Crippen LogP contribution in [-0.2, 0) is 6.54 Å². The Balaban J connectivity index is 1.63. The minimum Gasteiger partial charge on any atom is -0.296 e. The van der Waals surface area contributed by atoms with Crippen LogP contribution < -0.4 is 0 Å². The zero-order valence-electron chi connectivity index (χ0n) is 11.6. The van der Waals surface area contributed by atoms with Crippen LogP contribution in [0.5, 0.6) is 0 Å². The summed E-state index contributed by atoms with van der Waals surface area (Å²) in [5.41, 5.74) is 1.07. The smallest absolute Gasteiger partial charge is 0.235 e. The van der Waals surface area contributed by atoms with Gasteiger partial charge >= 0.3 is 0 Å². The first kappa shape index (κ1) is 12.8. The summed E-state index contributed by atoms with van der Waals surface area (Å²) in [6.07, 6.45) is 7.47. The Bertz CT molecular complexity index is 728. The van der Waals surface area contributed by atoms with Crippen LogP contribution in [0.15, 0.2) is 24.5 Å². The van der Waals surface area contributed by atoms with E-state index in [0.29, 0.717) is 0 Å². The Labute approximate surface area is 126 Å². The highest BCUT2D eigenvalue weighted by atomic mass is 32.1. The molecule has 0 spiro atoms. The molecule has 3 aromatic heterocycles. The Hall–Kier alpha value is -1.86. The average Bonchev–Trinajstić information content (AvgIpc) is 3.11. The van der Waals surface area contributed by atoms with Crippen molar-refractivity contribution in [1.82, 2.24) is 29.7 Å². The summed E-state index contributed by atoms with van der Waals surface area (Å²) in [4.78, 5) is 7.33. The molecule has 1 aliphatic heterocycles. The second kappa shape index (κ2) is 5.50. The zero-order valence-corrected chi connectivity index (χ0v) is 12.5. The summed E-state index contributed by atoms with van der Waals surface area (Å²) >= 11 is 1.57. The third-order valence-electron chi connectivity index (χ3n) is 3.80. The van der Waals surface area contributed by atoms with Gasteiger partial charge in [-0.2, -0.15) is 9.61 Å². The molecule has 3 aromatic rings. The predicted octanol–water partition coefficient (Wildman–Crippen LogP) is 2.23. The number of hydrogen-bond acceptors (Lipinski definition) is 6. The molecule has 7 heteroatoms. The largest absolute Gasteiger partial charge is 0.296 e. The van der Waals surface area contributed by atoms with Gasteiger partial charge in [-0.25, -0.2) is 0 Å². The number of likely N-dealkylation sites (tertiary alicyclic amines) is 1. The third-order valence-corrected chi connectivity index (χ3v) is 4.74. The molecule has 1 aliphatic rings. The topological polar surface area (TPSA) is 59.2 Å². The van der Waals surface area contributed by atoms with E-state index in [0.717, 1.165) is 41.0 Å². The molecule has 0 amide bonds. The van der Waals surface area contributed by atoms with Crippen LogP contribution in [-0.4, -0.2) is 42.8 Å². The summed E-state index contributed by atoms with van der Waals surface area (Å²) in [5.74, 6) is 0.934. The molecule has 21 heavy (non-hydrogen) atoms. The van der Waals surface area contributed by atoms with Crippen molar-refractivity contribution in [3.05, 3.63) is 30.4 Å². The van der Waals surface area contributed by atoms with E-state index in [2.05, 4.69) is 25.2 Å². The highest BCUT2D eigenvalue weighted by Crippen LogP contribution is 2.25. The van der Waals surface area contributed by atoms with Gasteiger partial charge in [-0.3, -0.25) is 9.88 Å². The fourth-order valence-corrected chi connectivity index (χ4v) is 3.55. The Morgan fingerprint density at radius 1 is 1.05 bits per heavy atom. The molecule has 0 atom stereocenters. The lowest BCUT2D eigenvalue weighted by Gasteiger charge is -2.25. The molecule has 0 unspecified atom stereocenters. The lowest BCUT2D eigenvalue weighted by molar-refractivity contribution is 0.214. The molecule has 1 fully saturated rings. The van der Waals surface area contributed by atoms with E-state index in [-0.39, 0.29) is 0 Å². The third kappa shape index (κ3) is 2.54. The average molecular weight is 300 g/mol. The highest BCUT2D eigenvalue weighted by Gasteiger charge is 2.17. The van der Waals surface area contributed by atoms with E-state index in [1.165, 1.54) is 19.3 Å². The van der Waals surface area contributed by atoms with Gasteiger partial charge in [0, 0.05) is 18.0 Å². The summed E-state index contributed by atoms with van der Waals surface area (Å²) < 4.78 is 1.88. The number of rotatable bonds is 3. The lowest BCUT2D eigenvalue weighted by Crippen LogP contribution is -2.30. The van der Waals surface area contributed by atoms with Gasteiger partial charge in [0.2, 0.25) is 4.96 Å². The molecule has 4 rings (SSSR count). The molecule has 0 aromatic carbocycles. The molecule has 0 radical (unpaired) electrons. The number of piperidine rings is 1. The molecule has 0 saturated carbocycles. The molecule has 4 heterocycles. The van der Waals surface area contributed by atoms with Gasteiger partial charge in [0.25, 0.3) is 0 Å². The van der Waals surface area contributed by atoms with Crippen LogP contribution in [0, 0.1) is 0 Å². The van der Waals surface area contributed by atoms with Crippen LogP contribution in [0.2, 0.25) is 0 Å². The zero-order chi connectivity index (χ0) is 14.1. The number of fused-ring (bicyclic) bond motifs is 1. The fraction of sp³-hybridized carbons (Fsp3) is 0.429. The molecular formula is C14H16N6S. The van der Waals surface area contributed by atoms with Gasteiger partial charge in [-0.05, 0) is 38.1 Å². The van der Waals surface area contributed by atoms with Crippen LogP contribution in [0.3, 0.4) is 0 Å². The van der Waals surface area contributed by atoms with Crippen LogP contribution >= 0.6 is 11.3 Å². The van der Waals surface area contributed by atoms with Crippen molar-refractivity contribution in [2.75, 3.05) is 13.1 Å². The lowest BCUT2D eigenvalue weighted by atomic mass is 10.1. The molecule has 0 N–H and O–H groups in total. The van der Waals surface area contributed by atoms with Crippen molar-refractivity contribution in [3.8, 4) is 10.6 Å².